The highest BCUT2D eigenvalue weighted by atomic mass is 35.5. The maximum absolute atomic E-state index is 12.5. The van der Waals surface area contributed by atoms with Crippen LogP contribution in [-0.2, 0) is 6.54 Å². The lowest BCUT2D eigenvalue weighted by atomic mass is 10.1. The number of carbonyl (C=O) groups is 1. The third-order valence-electron chi connectivity index (χ3n) is 4.78. The van der Waals surface area contributed by atoms with Crippen LogP contribution in [-0.4, -0.2) is 19.1 Å². The van der Waals surface area contributed by atoms with Crippen molar-refractivity contribution >= 4 is 24.0 Å². The minimum absolute atomic E-state index is 0. The Bertz CT molecular complexity index is 789. The molecule has 2 aromatic carbocycles. The van der Waals surface area contributed by atoms with Gasteiger partial charge in [0, 0.05) is 17.8 Å². The Labute approximate surface area is 166 Å². The highest BCUT2D eigenvalue weighted by Gasteiger charge is 2.19. The fourth-order valence-corrected chi connectivity index (χ4v) is 3.27. The van der Waals surface area contributed by atoms with Crippen molar-refractivity contribution < 1.29 is 14.3 Å². The summed E-state index contributed by atoms with van der Waals surface area (Å²) < 4.78 is 11.5. The van der Waals surface area contributed by atoms with E-state index in [-0.39, 0.29) is 24.4 Å². The van der Waals surface area contributed by atoms with Crippen LogP contribution in [0.5, 0.6) is 11.5 Å². The van der Waals surface area contributed by atoms with E-state index in [0.29, 0.717) is 17.8 Å². The molecule has 0 heterocycles. The van der Waals surface area contributed by atoms with Gasteiger partial charge in [-0.2, -0.15) is 0 Å². The highest BCUT2D eigenvalue weighted by molar-refractivity contribution is 5.96. The number of aryl methyl sites for hydroxylation is 1. The summed E-state index contributed by atoms with van der Waals surface area (Å²) in [7, 11) is 1.64. The molecule has 0 aliphatic heterocycles. The molecule has 146 valence electrons. The van der Waals surface area contributed by atoms with Crippen LogP contribution in [0.2, 0.25) is 0 Å². The van der Waals surface area contributed by atoms with Crippen molar-refractivity contribution in [3.63, 3.8) is 0 Å². The van der Waals surface area contributed by atoms with E-state index in [9.17, 15) is 4.79 Å². The van der Waals surface area contributed by atoms with Gasteiger partial charge < -0.3 is 20.5 Å². The zero-order chi connectivity index (χ0) is 18.5. The summed E-state index contributed by atoms with van der Waals surface area (Å²) >= 11 is 0. The number of halogens is 1. The first-order chi connectivity index (χ1) is 12.6. The van der Waals surface area contributed by atoms with Crippen molar-refractivity contribution in [3.05, 3.63) is 53.1 Å². The van der Waals surface area contributed by atoms with Crippen molar-refractivity contribution in [2.45, 2.75) is 45.3 Å². The second-order valence-corrected chi connectivity index (χ2v) is 6.77. The van der Waals surface area contributed by atoms with Gasteiger partial charge >= 0.3 is 0 Å². The van der Waals surface area contributed by atoms with Crippen LogP contribution < -0.4 is 20.5 Å². The van der Waals surface area contributed by atoms with Crippen LogP contribution in [0.1, 0.15) is 47.2 Å². The lowest BCUT2D eigenvalue weighted by molar-refractivity contribution is 0.0950. The van der Waals surface area contributed by atoms with Gasteiger partial charge in [-0.15, -0.1) is 12.4 Å². The van der Waals surface area contributed by atoms with Crippen LogP contribution in [0.4, 0.5) is 5.69 Å². The van der Waals surface area contributed by atoms with Crippen molar-refractivity contribution in [1.29, 1.82) is 0 Å². The summed E-state index contributed by atoms with van der Waals surface area (Å²) in [5.74, 6) is 1.33. The highest BCUT2D eigenvalue weighted by Crippen LogP contribution is 2.32. The van der Waals surface area contributed by atoms with Gasteiger partial charge in [-0.3, -0.25) is 4.79 Å². The van der Waals surface area contributed by atoms with E-state index < -0.39 is 0 Å². The fraction of sp³-hybridized carbons (Fsp3) is 0.381. The number of carbonyl (C=O) groups excluding carboxylic acids is 1. The molecule has 3 rings (SSSR count). The molecule has 6 heteroatoms. The maximum Gasteiger partial charge on any atom is 0.251 e. The normalized spacial score (nSPS) is 13.7. The van der Waals surface area contributed by atoms with Crippen LogP contribution in [0, 0.1) is 6.92 Å². The Hall–Kier alpha value is -2.40. The van der Waals surface area contributed by atoms with Crippen molar-refractivity contribution in [3.8, 4) is 11.5 Å². The number of nitrogen functional groups attached to an aromatic ring is 1. The number of nitrogens with two attached hydrogens (primary N) is 1. The predicted octanol–water partition coefficient (Wildman–Crippen LogP) is 4.26. The summed E-state index contributed by atoms with van der Waals surface area (Å²) in [6.07, 6.45) is 4.84. The second-order valence-electron chi connectivity index (χ2n) is 6.77. The van der Waals surface area contributed by atoms with E-state index in [1.54, 1.807) is 19.2 Å². The van der Waals surface area contributed by atoms with Gasteiger partial charge in [0.2, 0.25) is 0 Å². The Morgan fingerprint density at radius 3 is 2.59 bits per heavy atom. The fourth-order valence-electron chi connectivity index (χ4n) is 3.27. The Balaban J connectivity index is 0.00000261. The molecule has 0 saturated heterocycles. The first-order valence-corrected chi connectivity index (χ1v) is 9.04. The number of ether oxygens (including phenoxy) is 2. The topological polar surface area (TPSA) is 73.6 Å². The summed E-state index contributed by atoms with van der Waals surface area (Å²) in [5.41, 5.74) is 8.84. The average molecular weight is 391 g/mol. The monoisotopic (exact) mass is 390 g/mol. The molecule has 1 amide bonds. The van der Waals surface area contributed by atoms with E-state index in [0.717, 1.165) is 35.5 Å². The summed E-state index contributed by atoms with van der Waals surface area (Å²) in [4.78, 5) is 12.5. The molecule has 0 atom stereocenters. The number of hydrogen-bond acceptors (Lipinski definition) is 4. The van der Waals surface area contributed by atoms with Gasteiger partial charge in [0.1, 0.15) is 0 Å². The van der Waals surface area contributed by atoms with E-state index in [2.05, 4.69) is 5.32 Å². The van der Waals surface area contributed by atoms with Crippen molar-refractivity contribution in [2.24, 2.45) is 0 Å². The molecule has 5 nitrogen and oxygen atoms in total. The summed E-state index contributed by atoms with van der Waals surface area (Å²) in [5, 5.41) is 2.95. The zero-order valence-electron chi connectivity index (χ0n) is 15.8. The average Bonchev–Trinajstić information content (AvgIpc) is 3.15. The standard InChI is InChI=1S/C21H26N2O3.ClH/c1-14-7-9-16(22)12-18(14)21(24)23-13-15-8-10-19(25-2)20(11-15)26-17-5-3-4-6-17;/h7-12,17H,3-6,13,22H2,1-2H3,(H,23,24);1H. The van der Waals surface area contributed by atoms with Crippen LogP contribution in [0.15, 0.2) is 36.4 Å². The number of hydrogen-bond donors (Lipinski definition) is 2. The molecular formula is C21H27ClN2O3. The third kappa shape index (κ3) is 5.30. The largest absolute Gasteiger partial charge is 0.493 e. The molecule has 0 aromatic heterocycles. The Kier molecular flexibility index (Phi) is 7.36. The molecule has 1 aliphatic carbocycles. The molecule has 1 saturated carbocycles. The molecule has 27 heavy (non-hydrogen) atoms. The Morgan fingerprint density at radius 1 is 1.15 bits per heavy atom. The maximum atomic E-state index is 12.5. The van der Waals surface area contributed by atoms with Gasteiger partial charge in [-0.1, -0.05) is 12.1 Å². The quantitative estimate of drug-likeness (QED) is 0.723. The van der Waals surface area contributed by atoms with Gasteiger partial charge in [-0.25, -0.2) is 0 Å². The molecule has 0 bridgehead atoms. The van der Waals surface area contributed by atoms with Gasteiger partial charge in [0.05, 0.1) is 13.2 Å². The lowest BCUT2D eigenvalue weighted by Crippen LogP contribution is -2.23. The number of amides is 1. The molecule has 0 unspecified atom stereocenters. The molecule has 3 N–H and O–H groups in total. The molecule has 0 spiro atoms. The Morgan fingerprint density at radius 2 is 1.89 bits per heavy atom. The van der Waals surface area contributed by atoms with Crippen LogP contribution in [0.3, 0.4) is 0 Å². The van der Waals surface area contributed by atoms with E-state index in [1.807, 2.05) is 31.2 Å². The number of rotatable bonds is 6. The molecule has 0 radical (unpaired) electrons. The van der Waals surface area contributed by atoms with E-state index in [4.69, 9.17) is 15.2 Å². The molecule has 1 aliphatic rings. The van der Waals surface area contributed by atoms with E-state index in [1.165, 1.54) is 12.8 Å². The minimum Gasteiger partial charge on any atom is -0.493 e. The van der Waals surface area contributed by atoms with Gasteiger partial charge in [0.15, 0.2) is 11.5 Å². The molecular weight excluding hydrogens is 364 g/mol. The number of benzene rings is 2. The molecule has 2 aromatic rings. The van der Waals surface area contributed by atoms with Gasteiger partial charge in [-0.05, 0) is 68.0 Å². The second kappa shape index (κ2) is 9.51. The lowest BCUT2D eigenvalue weighted by Gasteiger charge is -2.17. The zero-order valence-corrected chi connectivity index (χ0v) is 16.6. The first-order valence-electron chi connectivity index (χ1n) is 9.04. The summed E-state index contributed by atoms with van der Waals surface area (Å²) in [6.45, 7) is 2.31. The van der Waals surface area contributed by atoms with Crippen LogP contribution >= 0.6 is 12.4 Å². The van der Waals surface area contributed by atoms with E-state index >= 15 is 0 Å². The number of anilines is 1. The summed E-state index contributed by atoms with van der Waals surface area (Å²) in [6, 6.07) is 11.1. The van der Waals surface area contributed by atoms with Crippen molar-refractivity contribution in [2.75, 3.05) is 12.8 Å². The van der Waals surface area contributed by atoms with Crippen molar-refractivity contribution in [1.82, 2.24) is 5.32 Å². The third-order valence-corrected chi connectivity index (χ3v) is 4.78. The van der Waals surface area contributed by atoms with Crippen LogP contribution in [0.25, 0.3) is 0 Å². The minimum atomic E-state index is -0.135. The SMILES string of the molecule is COc1ccc(CNC(=O)c2cc(N)ccc2C)cc1OC1CCCC1.Cl. The van der Waals surface area contributed by atoms with Gasteiger partial charge in [0.25, 0.3) is 5.91 Å². The predicted molar refractivity (Wildman–Crippen MR) is 110 cm³/mol. The molecule has 1 fully saturated rings. The number of methoxy groups -OCH3 is 1. The number of nitrogens with one attached hydrogen (secondary N) is 1. The first kappa shape index (κ1) is 20.9. The smallest absolute Gasteiger partial charge is 0.251 e.